The maximum atomic E-state index is 5.90. The molecule has 1 atom stereocenters. The number of ether oxygens (including phenoxy) is 2. The van der Waals surface area contributed by atoms with Crippen molar-refractivity contribution in [1.29, 1.82) is 0 Å². The van der Waals surface area contributed by atoms with Crippen LogP contribution in [0.15, 0.2) is 42.5 Å². The van der Waals surface area contributed by atoms with Crippen molar-refractivity contribution in [3.8, 4) is 11.5 Å². The highest BCUT2D eigenvalue weighted by Gasteiger charge is 2.24. The predicted molar refractivity (Wildman–Crippen MR) is 102 cm³/mol. The van der Waals surface area contributed by atoms with Crippen molar-refractivity contribution in [3.63, 3.8) is 0 Å². The minimum atomic E-state index is 0.169. The molecule has 0 bridgehead atoms. The van der Waals surface area contributed by atoms with Crippen LogP contribution in [0.5, 0.6) is 11.5 Å². The van der Waals surface area contributed by atoms with Gasteiger partial charge in [0.25, 0.3) is 0 Å². The second-order valence-corrected chi connectivity index (χ2v) is 6.62. The highest BCUT2D eigenvalue weighted by Crippen LogP contribution is 2.35. The zero-order chi connectivity index (χ0) is 17.6. The van der Waals surface area contributed by atoms with Gasteiger partial charge in [0.2, 0.25) is 0 Å². The highest BCUT2D eigenvalue weighted by atomic mass is 16.5. The average Bonchev–Trinajstić information content (AvgIpc) is 2.61. The summed E-state index contributed by atoms with van der Waals surface area (Å²) in [5.41, 5.74) is 3.88. The van der Waals surface area contributed by atoms with Gasteiger partial charge in [0, 0.05) is 18.7 Å². The molecule has 0 radical (unpaired) electrons. The largest absolute Gasteiger partial charge is 0.494 e. The lowest BCUT2D eigenvalue weighted by atomic mass is 9.89. The smallest absolute Gasteiger partial charge is 0.124 e. The van der Waals surface area contributed by atoms with E-state index >= 15 is 0 Å². The van der Waals surface area contributed by atoms with E-state index in [1.807, 2.05) is 19.1 Å². The van der Waals surface area contributed by atoms with E-state index in [0.717, 1.165) is 31.0 Å². The Morgan fingerprint density at radius 1 is 1.08 bits per heavy atom. The van der Waals surface area contributed by atoms with Crippen molar-refractivity contribution >= 4 is 0 Å². The van der Waals surface area contributed by atoms with E-state index in [0.29, 0.717) is 13.2 Å². The van der Waals surface area contributed by atoms with Crippen LogP contribution in [0.4, 0.5) is 0 Å². The summed E-state index contributed by atoms with van der Waals surface area (Å²) in [6.45, 7) is 5.29. The molecule has 0 fully saturated rings. The molecule has 3 rings (SSSR count). The van der Waals surface area contributed by atoms with E-state index in [1.165, 1.54) is 16.7 Å². The molecule has 1 unspecified atom stereocenters. The number of fused-ring (bicyclic) bond motifs is 1. The molecule has 2 aromatic rings. The van der Waals surface area contributed by atoms with Gasteiger partial charge in [0.05, 0.1) is 12.6 Å². The monoisotopic (exact) mass is 340 g/mol. The Bertz CT molecular complexity index is 700. The Hall–Kier alpha value is -2.04. The lowest BCUT2D eigenvalue weighted by Gasteiger charge is -2.29. The molecule has 1 aliphatic rings. The van der Waals surface area contributed by atoms with Gasteiger partial charge in [-0.05, 0) is 56.8 Å². The average molecular weight is 340 g/mol. The van der Waals surface area contributed by atoms with Gasteiger partial charge in [-0.15, -0.1) is 0 Å². The molecule has 0 saturated carbocycles. The Labute approximate surface area is 150 Å². The first kappa shape index (κ1) is 17.8. The predicted octanol–water partition coefficient (Wildman–Crippen LogP) is 3.26. The summed E-state index contributed by atoms with van der Waals surface area (Å²) in [7, 11) is 4.12. The number of hydrogen-bond acceptors (Lipinski definition) is 4. The van der Waals surface area contributed by atoms with E-state index in [2.05, 4.69) is 54.6 Å². The summed E-state index contributed by atoms with van der Waals surface area (Å²) < 4.78 is 11.7. The number of benzene rings is 2. The minimum Gasteiger partial charge on any atom is -0.494 e. The fraction of sp³-hybridized carbons (Fsp3) is 0.429. The van der Waals surface area contributed by atoms with E-state index in [4.69, 9.17) is 9.47 Å². The number of para-hydroxylation sites is 1. The molecule has 4 heteroatoms. The SMILES string of the molecule is CCOc1ccccc1C1NCCc2cc(OCCN(C)C)ccc21. The second kappa shape index (κ2) is 8.37. The van der Waals surface area contributed by atoms with E-state index < -0.39 is 0 Å². The van der Waals surface area contributed by atoms with Crippen molar-refractivity contribution in [1.82, 2.24) is 10.2 Å². The summed E-state index contributed by atoms with van der Waals surface area (Å²) >= 11 is 0. The van der Waals surface area contributed by atoms with Crippen LogP contribution < -0.4 is 14.8 Å². The van der Waals surface area contributed by atoms with Crippen molar-refractivity contribution in [2.24, 2.45) is 0 Å². The third-order valence-electron chi connectivity index (χ3n) is 4.51. The van der Waals surface area contributed by atoms with Gasteiger partial charge < -0.3 is 19.7 Å². The number of likely N-dealkylation sites (N-methyl/N-ethyl adjacent to an activating group) is 1. The lowest BCUT2D eigenvalue weighted by molar-refractivity contribution is 0.261. The van der Waals surface area contributed by atoms with Gasteiger partial charge >= 0.3 is 0 Å². The maximum absolute atomic E-state index is 5.90. The number of nitrogens with zero attached hydrogens (tertiary/aromatic N) is 1. The third-order valence-corrected chi connectivity index (χ3v) is 4.51. The van der Waals surface area contributed by atoms with Crippen molar-refractivity contribution in [2.75, 3.05) is 40.4 Å². The molecule has 1 heterocycles. The summed E-state index contributed by atoms with van der Waals surface area (Å²) in [5.74, 6) is 1.92. The van der Waals surface area contributed by atoms with Gasteiger partial charge in [-0.25, -0.2) is 0 Å². The summed E-state index contributed by atoms with van der Waals surface area (Å²) in [4.78, 5) is 2.13. The van der Waals surface area contributed by atoms with Crippen LogP contribution in [0, 0.1) is 0 Å². The first-order chi connectivity index (χ1) is 12.2. The Morgan fingerprint density at radius 3 is 2.72 bits per heavy atom. The van der Waals surface area contributed by atoms with Gasteiger partial charge in [0.15, 0.2) is 0 Å². The van der Waals surface area contributed by atoms with Gasteiger partial charge in [-0.2, -0.15) is 0 Å². The van der Waals surface area contributed by atoms with Gasteiger partial charge in [-0.1, -0.05) is 24.3 Å². The molecule has 134 valence electrons. The number of rotatable bonds is 7. The highest BCUT2D eigenvalue weighted by molar-refractivity contribution is 5.47. The first-order valence-corrected chi connectivity index (χ1v) is 9.04. The van der Waals surface area contributed by atoms with E-state index in [-0.39, 0.29) is 6.04 Å². The van der Waals surface area contributed by atoms with E-state index in [9.17, 15) is 0 Å². The second-order valence-electron chi connectivity index (χ2n) is 6.62. The minimum absolute atomic E-state index is 0.169. The van der Waals surface area contributed by atoms with Crippen molar-refractivity contribution in [2.45, 2.75) is 19.4 Å². The summed E-state index contributed by atoms with van der Waals surface area (Å²) in [6, 6.07) is 14.9. The molecule has 0 saturated heterocycles. The molecule has 0 amide bonds. The number of nitrogens with one attached hydrogen (secondary N) is 1. The third kappa shape index (κ3) is 4.33. The molecule has 2 aromatic carbocycles. The van der Waals surface area contributed by atoms with Crippen LogP contribution >= 0.6 is 0 Å². The molecule has 25 heavy (non-hydrogen) atoms. The molecular weight excluding hydrogens is 312 g/mol. The number of hydrogen-bond donors (Lipinski definition) is 1. The van der Waals surface area contributed by atoms with Gasteiger partial charge in [0.1, 0.15) is 18.1 Å². The van der Waals surface area contributed by atoms with Crippen LogP contribution in [0.1, 0.15) is 29.7 Å². The molecule has 1 N–H and O–H groups in total. The first-order valence-electron chi connectivity index (χ1n) is 9.04. The Balaban J connectivity index is 1.83. The van der Waals surface area contributed by atoms with Crippen molar-refractivity contribution in [3.05, 3.63) is 59.2 Å². The topological polar surface area (TPSA) is 33.7 Å². The normalized spacial score (nSPS) is 16.6. The van der Waals surface area contributed by atoms with Gasteiger partial charge in [-0.3, -0.25) is 0 Å². The molecule has 0 aliphatic carbocycles. The van der Waals surface area contributed by atoms with Crippen LogP contribution in [-0.2, 0) is 6.42 Å². The zero-order valence-corrected chi connectivity index (χ0v) is 15.4. The fourth-order valence-corrected chi connectivity index (χ4v) is 3.26. The van der Waals surface area contributed by atoms with E-state index in [1.54, 1.807) is 0 Å². The quantitative estimate of drug-likeness (QED) is 0.839. The maximum Gasteiger partial charge on any atom is 0.124 e. The fourth-order valence-electron chi connectivity index (χ4n) is 3.26. The van der Waals surface area contributed by atoms with Crippen LogP contribution in [0.25, 0.3) is 0 Å². The van der Waals surface area contributed by atoms with Crippen LogP contribution in [0.3, 0.4) is 0 Å². The lowest BCUT2D eigenvalue weighted by Crippen LogP contribution is -2.31. The zero-order valence-electron chi connectivity index (χ0n) is 15.4. The molecule has 1 aliphatic heterocycles. The molecular formula is C21H28N2O2. The Kier molecular flexibility index (Phi) is 5.95. The van der Waals surface area contributed by atoms with Crippen LogP contribution in [-0.4, -0.2) is 45.3 Å². The summed E-state index contributed by atoms with van der Waals surface area (Å²) in [5, 5.41) is 3.64. The standard InChI is InChI=1S/C21H28N2O2/c1-4-24-20-8-6-5-7-19(20)21-18-10-9-17(25-14-13-23(2)3)15-16(18)11-12-22-21/h5-10,15,21-22H,4,11-14H2,1-3H3. The molecule has 0 spiro atoms. The molecule has 0 aromatic heterocycles. The molecule has 4 nitrogen and oxygen atoms in total. The Morgan fingerprint density at radius 2 is 1.92 bits per heavy atom. The van der Waals surface area contributed by atoms with Crippen LogP contribution in [0.2, 0.25) is 0 Å². The van der Waals surface area contributed by atoms with Crippen molar-refractivity contribution < 1.29 is 9.47 Å². The summed E-state index contributed by atoms with van der Waals surface area (Å²) in [6.07, 6.45) is 1.02.